The molecule has 0 saturated heterocycles. The molecule has 0 aliphatic carbocycles. The van der Waals surface area contributed by atoms with Gasteiger partial charge in [0.15, 0.2) is 9.84 Å². The van der Waals surface area contributed by atoms with Crippen LogP contribution in [-0.2, 0) is 16.3 Å². The molecule has 1 aromatic carbocycles. The summed E-state index contributed by atoms with van der Waals surface area (Å²) in [6.07, 6.45) is 3.44. The van der Waals surface area contributed by atoms with Crippen LogP contribution in [0.5, 0.6) is 0 Å². The van der Waals surface area contributed by atoms with Gasteiger partial charge in [-0.25, -0.2) is 8.42 Å². The van der Waals surface area contributed by atoms with E-state index in [1.807, 2.05) is 6.92 Å². The summed E-state index contributed by atoms with van der Waals surface area (Å²) in [5.74, 6) is -0.347. The summed E-state index contributed by atoms with van der Waals surface area (Å²) in [7, 11) is -3.29. The standard InChI is InChI=1S/C15H17N3O3S/c1-3-12-8-7-11(10-16-12)15(19)18-17-13-5-4-6-14(9-13)22(2,20)21/h4-10,17H,3H2,1-2H3,(H,18,19). The minimum atomic E-state index is -3.29. The summed E-state index contributed by atoms with van der Waals surface area (Å²) in [6.45, 7) is 1.98. The van der Waals surface area contributed by atoms with Crippen molar-refractivity contribution in [2.75, 3.05) is 11.7 Å². The molecule has 0 bridgehead atoms. The Morgan fingerprint density at radius 3 is 2.59 bits per heavy atom. The van der Waals surface area contributed by atoms with Gasteiger partial charge >= 0.3 is 0 Å². The van der Waals surface area contributed by atoms with Gasteiger partial charge in [-0.1, -0.05) is 13.0 Å². The SMILES string of the molecule is CCc1ccc(C(=O)NNc2cccc(S(C)(=O)=O)c2)cn1. The molecule has 1 heterocycles. The Balaban J connectivity index is 2.04. The van der Waals surface area contributed by atoms with Crippen LogP contribution in [0.1, 0.15) is 23.0 Å². The number of sulfone groups is 1. The van der Waals surface area contributed by atoms with Crippen molar-refractivity contribution < 1.29 is 13.2 Å². The van der Waals surface area contributed by atoms with Crippen molar-refractivity contribution in [2.24, 2.45) is 0 Å². The molecule has 0 aliphatic heterocycles. The van der Waals surface area contributed by atoms with E-state index < -0.39 is 9.84 Å². The molecule has 0 atom stereocenters. The molecule has 2 N–H and O–H groups in total. The molecule has 0 spiro atoms. The van der Waals surface area contributed by atoms with E-state index in [9.17, 15) is 13.2 Å². The van der Waals surface area contributed by atoms with Crippen LogP contribution in [0.25, 0.3) is 0 Å². The topological polar surface area (TPSA) is 88.2 Å². The second-order valence-electron chi connectivity index (χ2n) is 4.77. The van der Waals surface area contributed by atoms with E-state index in [1.54, 1.807) is 24.3 Å². The molecule has 1 amide bonds. The maximum absolute atomic E-state index is 12.0. The van der Waals surface area contributed by atoms with E-state index in [1.165, 1.54) is 18.3 Å². The second-order valence-corrected chi connectivity index (χ2v) is 6.79. The summed E-state index contributed by atoms with van der Waals surface area (Å²) >= 11 is 0. The van der Waals surface area contributed by atoms with Crippen LogP contribution >= 0.6 is 0 Å². The third-order valence-corrected chi connectivity index (χ3v) is 4.14. The fourth-order valence-electron chi connectivity index (χ4n) is 1.77. The molecule has 0 saturated carbocycles. The van der Waals surface area contributed by atoms with E-state index in [0.29, 0.717) is 11.3 Å². The first kappa shape index (κ1) is 16.0. The third kappa shape index (κ3) is 4.05. The highest BCUT2D eigenvalue weighted by atomic mass is 32.2. The van der Waals surface area contributed by atoms with Crippen LogP contribution in [-0.4, -0.2) is 25.6 Å². The van der Waals surface area contributed by atoms with Gasteiger partial charge in [0.2, 0.25) is 0 Å². The molecule has 22 heavy (non-hydrogen) atoms. The van der Waals surface area contributed by atoms with Crippen LogP contribution < -0.4 is 10.9 Å². The van der Waals surface area contributed by atoms with Crippen molar-refractivity contribution >= 4 is 21.4 Å². The van der Waals surface area contributed by atoms with Crippen molar-refractivity contribution in [1.82, 2.24) is 10.4 Å². The molecule has 7 heteroatoms. The Morgan fingerprint density at radius 2 is 2.00 bits per heavy atom. The zero-order valence-corrected chi connectivity index (χ0v) is 13.1. The number of hydrazine groups is 1. The number of nitrogens with zero attached hydrogens (tertiary/aromatic N) is 1. The van der Waals surface area contributed by atoms with Crippen molar-refractivity contribution in [1.29, 1.82) is 0 Å². The smallest absolute Gasteiger partial charge is 0.271 e. The van der Waals surface area contributed by atoms with Crippen molar-refractivity contribution in [2.45, 2.75) is 18.2 Å². The number of hydrogen-bond donors (Lipinski definition) is 2. The molecule has 0 unspecified atom stereocenters. The van der Waals surface area contributed by atoms with Crippen LogP contribution in [0.3, 0.4) is 0 Å². The molecule has 1 aromatic heterocycles. The van der Waals surface area contributed by atoms with Gasteiger partial charge in [-0.2, -0.15) is 0 Å². The van der Waals surface area contributed by atoms with Crippen LogP contribution in [0.2, 0.25) is 0 Å². The number of carbonyl (C=O) groups is 1. The Kier molecular flexibility index (Phi) is 4.77. The van der Waals surface area contributed by atoms with Gasteiger partial charge in [0.25, 0.3) is 5.91 Å². The molecule has 6 nitrogen and oxygen atoms in total. The highest BCUT2D eigenvalue weighted by molar-refractivity contribution is 7.90. The molecule has 2 rings (SSSR count). The minimum absolute atomic E-state index is 0.181. The first-order valence-corrected chi connectivity index (χ1v) is 8.60. The van der Waals surface area contributed by atoms with Gasteiger partial charge in [-0.3, -0.25) is 20.6 Å². The third-order valence-electron chi connectivity index (χ3n) is 3.03. The first-order chi connectivity index (χ1) is 10.4. The number of pyridine rings is 1. The van der Waals surface area contributed by atoms with E-state index in [4.69, 9.17) is 0 Å². The predicted octanol–water partition coefficient (Wildman–Crippen LogP) is 1.80. The number of rotatable bonds is 5. The number of amides is 1. The van der Waals surface area contributed by atoms with Crippen molar-refractivity contribution in [3.63, 3.8) is 0 Å². The first-order valence-electron chi connectivity index (χ1n) is 6.71. The Bertz CT molecular complexity index is 771. The van der Waals surface area contributed by atoms with Gasteiger partial charge in [0, 0.05) is 18.1 Å². The average Bonchev–Trinajstić information content (AvgIpc) is 2.52. The predicted molar refractivity (Wildman–Crippen MR) is 84.3 cm³/mol. The molecule has 116 valence electrons. The second kappa shape index (κ2) is 6.57. The van der Waals surface area contributed by atoms with E-state index in [-0.39, 0.29) is 10.8 Å². The number of aromatic nitrogens is 1. The summed E-state index contributed by atoms with van der Waals surface area (Å²) in [5, 5.41) is 0. The lowest BCUT2D eigenvalue weighted by atomic mass is 10.2. The van der Waals surface area contributed by atoms with Gasteiger partial charge in [0.1, 0.15) is 0 Å². The zero-order valence-electron chi connectivity index (χ0n) is 12.3. The quantitative estimate of drug-likeness (QED) is 0.821. The lowest BCUT2D eigenvalue weighted by Gasteiger charge is -2.09. The molecular formula is C15H17N3O3S. The fraction of sp³-hybridized carbons (Fsp3) is 0.200. The number of hydrogen-bond acceptors (Lipinski definition) is 5. The van der Waals surface area contributed by atoms with Gasteiger partial charge in [-0.05, 0) is 36.8 Å². The Hall–Kier alpha value is -2.41. The Morgan fingerprint density at radius 1 is 1.23 bits per heavy atom. The summed E-state index contributed by atoms with van der Waals surface area (Å²) in [5.41, 5.74) is 7.01. The summed E-state index contributed by atoms with van der Waals surface area (Å²) in [6, 6.07) is 9.69. The Labute approximate surface area is 129 Å². The van der Waals surface area contributed by atoms with Crippen LogP contribution in [0, 0.1) is 0 Å². The fourth-order valence-corrected chi connectivity index (χ4v) is 2.44. The van der Waals surface area contributed by atoms with Crippen LogP contribution in [0.15, 0.2) is 47.5 Å². The highest BCUT2D eigenvalue weighted by Gasteiger charge is 2.09. The van der Waals surface area contributed by atoms with Gasteiger partial charge in [-0.15, -0.1) is 0 Å². The lowest BCUT2D eigenvalue weighted by molar-refractivity contribution is 0.0962. The number of anilines is 1. The van der Waals surface area contributed by atoms with Crippen molar-refractivity contribution in [3.8, 4) is 0 Å². The minimum Gasteiger partial charge on any atom is -0.298 e. The van der Waals surface area contributed by atoms with Crippen molar-refractivity contribution in [3.05, 3.63) is 53.9 Å². The number of nitrogens with one attached hydrogen (secondary N) is 2. The largest absolute Gasteiger partial charge is 0.298 e. The number of carbonyl (C=O) groups excluding carboxylic acids is 1. The molecular weight excluding hydrogens is 302 g/mol. The van der Waals surface area contributed by atoms with Gasteiger partial charge < -0.3 is 0 Å². The lowest BCUT2D eigenvalue weighted by Crippen LogP contribution is -2.29. The van der Waals surface area contributed by atoms with Crippen LogP contribution in [0.4, 0.5) is 5.69 Å². The van der Waals surface area contributed by atoms with Gasteiger partial charge in [0.05, 0.1) is 16.1 Å². The highest BCUT2D eigenvalue weighted by Crippen LogP contribution is 2.14. The molecule has 2 aromatic rings. The number of aryl methyl sites for hydroxylation is 1. The maximum atomic E-state index is 12.0. The molecule has 0 fully saturated rings. The summed E-state index contributed by atoms with van der Waals surface area (Å²) in [4.78, 5) is 16.3. The molecule has 0 radical (unpaired) electrons. The summed E-state index contributed by atoms with van der Waals surface area (Å²) < 4.78 is 23.0. The normalized spacial score (nSPS) is 11.0. The number of benzene rings is 1. The average molecular weight is 319 g/mol. The van der Waals surface area contributed by atoms with E-state index in [2.05, 4.69) is 15.8 Å². The van der Waals surface area contributed by atoms with E-state index >= 15 is 0 Å². The zero-order chi connectivity index (χ0) is 16.2. The van der Waals surface area contributed by atoms with E-state index in [0.717, 1.165) is 18.4 Å². The molecule has 0 aliphatic rings. The monoisotopic (exact) mass is 319 g/mol. The maximum Gasteiger partial charge on any atom is 0.271 e.